The van der Waals surface area contributed by atoms with Gasteiger partial charge in [-0.25, -0.2) is 0 Å². The van der Waals surface area contributed by atoms with Gasteiger partial charge in [0.05, 0.1) is 12.5 Å². The molecule has 0 heterocycles. The fraction of sp³-hybridized carbons (Fsp3) is 0.909. The Bertz CT molecular complexity index is 167. The lowest BCUT2D eigenvalue weighted by atomic mass is 9.84. The molecule has 84 valence electrons. The van der Waals surface area contributed by atoms with E-state index in [1.54, 1.807) is 11.8 Å². The summed E-state index contributed by atoms with van der Waals surface area (Å²) in [6, 6.07) is 0. The summed E-state index contributed by atoms with van der Waals surface area (Å²) < 4.78 is 5.33. The maximum atomic E-state index is 11.6. The molecule has 0 radical (unpaired) electrons. The molecule has 0 bridgehead atoms. The molecule has 0 atom stereocenters. The number of thioether (sulfide) groups is 1. The van der Waals surface area contributed by atoms with Crippen molar-refractivity contribution in [3.8, 4) is 0 Å². The van der Waals surface area contributed by atoms with Crippen molar-refractivity contribution in [2.24, 2.45) is 5.41 Å². The largest absolute Gasteiger partial charge is 0.370 e. The first-order valence-electron chi connectivity index (χ1n) is 5.23. The van der Waals surface area contributed by atoms with E-state index in [4.69, 9.17) is 4.74 Å². The number of rotatable bonds is 8. The third-order valence-corrected chi connectivity index (χ3v) is 3.22. The van der Waals surface area contributed by atoms with E-state index in [1.165, 1.54) is 0 Å². The highest BCUT2D eigenvalue weighted by Crippen LogP contribution is 2.22. The van der Waals surface area contributed by atoms with Gasteiger partial charge in [0.2, 0.25) is 0 Å². The van der Waals surface area contributed by atoms with E-state index in [0.717, 1.165) is 12.2 Å². The monoisotopic (exact) mass is 218 g/mol. The zero-order chi connectivity index (χ0) is 11.0. The zero-order valence-electron chi connectivity index (χ0n) is 9.76. The minimum absolute atomic E-state index is 0.179. The van der Waals surface area contributed by atoms with E-state index in [-0.39, 0.29) is 5.41 Å². The quantitative estimate of drug-likeness (QED) is 0.462. The van der Waals surface area contributed by atoms with Crippen molar-refractivity contribution in [3.63, 3.8) is 0 Å². The molecule has 3 heteroatoms. The van der Waals surface area contributed by atoms with Gasteiger partial charge in [0, 0.05) is 11.8 Å². The van der Waals surface area contributed by atoms with Crippen molar-refractivity contribution in [1.29, 1.82) is 0 Å². The smallest absolute Gasteiger partial charge is 0.140 e. The Morgan fingerprint density at radius 3 is 2.50 bits per heavy atom. The van der Waals surface area contributed by atoms with Crippen molar-refractivity contribution in [1.82, 2.24) is 0 Å². The van der Waals surface area contributed by atoms with Crippen molar-refractivity contribution in [2.75, 3.05) is 18.3 Å². The summed E-state index contributed by atoms with van der Waals surface area (Å²) in [6.07, 6.45) is 1.45. The lowest BCUT2D eigenvalue weighted by molar-refractivity contribution is -0.128. The molecule has 0 aromatic rings. The van der Waals surface area contributed by atoms with Crippen LogP contribution in [-0.2, 0) is 9.53 Å². The van der Waals surface area contributed by atoms with Gasteiger partial charge in [-0.15, -0.1) is 11.8 Å². The molecule has 0 N–H and O–H groups in total. The van der Waals surface area contributed by atoms with Gasteiger partial charge in [-0.1, -0.05) is 27.7 Å². The van der Waals surface area contributed by atoms with Crippen molar-refractivity contribution in [3.05, 3.63) is 0 Å². The van der Waals surface area contributed by atoms with Crippen LogP contribution in [0.15, 0.2) is 0 Å². The van der Waals surface area contributed by atoms with Crippen LogP contribution in [0.1, 0.15) is 40.5 Å². The van der Waals surface area contributed by atoms with Gasteiger partial charge >= 0.3 is 0 Å². The van der Waals surface area contributed by atoms with Gasteiger partial charge in [0.25, 0.3) is 0 Å². The molecule has 0 spiro atoms. The molecule has 0 saturated heterocycles. The minimum atomic E-state index is -0.179. The summed E-state index contributed by atoms with van der Waals surface area (Å²) in [5.41, 5.74) is -0.179. The molecule has 0 saturated carbocycles. The number of Topliss-reactive ketones (excluding diaryl/α,β-unsaturated/α-hetero) is 1. The minimum Gasteiger partial charge on any atom is -0.370 e. The molecule has 0 aliphatic heterocycles. The highest BCUT2D eigenvalue weighted by atomic mass is 32.2. The van der Waals surface area contributed by atoms with Crippen LogP contribution in [0.3, 0.4) is 0 Å². The fourth-order valence-corrected chi connectivity index (χ4v) is 1.30. The van der Waals surface area contributed by atoms with Crippen molar-refractivity contribution >= 4 is 17.5 Å². The summed E-state index contributed by atoms with van der Waals surface area (Å²) in [5.74, 6) is 2.08. The second-order valence-electron chi connectivity index (χ2n) is 3.93. The summed E-state index contributed by atoms with van der Waals surface area (Å²) >= 11 is 1.74. The lowest BCUT2D eigenvalue weighted by Crippen LogP contribution is -2.24. The van der Waals surface area contributed by atoms with E-state index in [2.05, 4.69) is 6.92 Å². The first kappa shape index (κ1) is 14.0. The van der Waals surface area contributed by atoms with E-state index in [0.29, 0.717) is 24.7 Å². The Hall–Kier alpha value is -0.0200. The maximum absolute atomic E-state index is 11.6. The van der Waals surface area contributed by atoms with Crippen LogP contribution >= 0.6 is 11.8 Å². The van der Waals surface area contributed by atoms with Gasteiger partial charge in [0.15, 0.2) is 0 Å². The average Bonchev–Trinajstić information content (AvgIpc) is 2.17. The Morgan fingerprint density at radius 1 is 1.36 bits per heavy atom. The predicted molar refractivity (Wildman–Crippen MR) is 62.6 cm³/mol. The number of ether oxygens (including phenoxy) is 1. The lowest BCUT2D eigenvalue weighted by Gasteiger charge is -2.20. The Kier molecular flexibility index (Phi) is 7.28. The van der Waals surface area contributed by atoms with Crippen LogP contribution in [0.2, 0.25) is 0 Å². The summed E-state index contributed by atoms with van der Waals surface area (Å²) in [5, 5.41) is 0. The van der Waals surface area contributed by atoms with Crippen LogP contribution in [0.25, 0.3) is 0 Å². The molecule has 0 amide bonds. The number of ketones is 1. The zero-order valence-corrected chi connectivity index (χ0v) is 10.6. The average molecular weight is 218 g/mol. The van der Waals surface area contributed by atoms with Gasteiger partial charge in [-0.3, -0.25) is 4.79 Å². The first-order chi connectivity index (χ1) is 6.54. The van der Waals surface area contributed by atoms with Crippen LogP contribution in [0.4, 0.5) is 0 Å². The summed E-state index contributed by atoms with van der Waals surface area (Å²) in [6.45, 7) is 8.70. The SMILES string of the molecule is CCSCOCCC(=O)C(C)(C)CC. The van der Waals surface area contributed by atoms with Crippen LogP contribution in [-0.4, -0.2) is 24.1 Å². The van der Waals surface area contributed by atoms with E-state index >= 15 is 0 Å². The normalized spacial score (nSPS) is 11.7. The third kappa shape index (κ3) is 5.66. The van der Waals surface area contributed by atoms with Gasteiger partial charge in [0.1, 0.15) is 5.78 Å². The molecule has 0 aromatic carbocycles. The summed E-state index contributed by atoms with van der Waals surface area (Å²) in [4.78, 5) is 11.6. The van der Waals surface area contributed by atoms with Gasteiger partial charge < -0.3 is 4.74 Å². The Labute approximate surface area is 91.8 Å². The maximum Gasteiger partial charge on any atom is 0.140 e. The standard InChI is InChI=1S/C11H22O2S/c1-5-11(3,4)10(12)7-8-13-9-14-6-2/h5-9H2,1-4H3. The highest BCUT2D eigenvalue weighted by Gasteiger charge is 2.24. The highest BCUT2D eigenvalue weighted by molar-refractivity contribution is 7.99. The molecule has 0 fully saturated rings. The second-order valence-corrected chi connectivity index (χ2v) is 5.15. The molecule has 0 rings (SSSR count). The molecule has 0 unspecified atom stereocenters. The number of hydrogen-bond donors (Lipinski definition) is 0. The topological polar surface area (TPSA) is 26.3 Å². The Morgan fingerprint density at radius 2 is 2.00 bits per heavy atom. The Balaban J connectivity index is 3.54. The number of carbonyl (C=O) groups excluding carboxylic acids is 1. The molecule has 14 heavy (non-hydrogen) atoms. The van der Waals surface area contributed by atoms with E-state index < -0.39 is 0 Å². The molecular formula is C11H22O2S. The van der Waals surface area contributed by atoms with Crippen molar-refractivity contribution in [2.45, 2.75) is 40.5 Å². The van der Waals surface area contributed by atoms with E-state index in [1.807, 2.05) is 20.8 Å². The molecule has 2 nitrogen and oxygen atoms in total. The van der Waals surface area contributed by atoms with Crippen LogP contribution < -0.4 is 0 Å². The third-order valence-electron chi connectivity index (χ3n) is 2.48. The number of hydrogen-bond acceptors (Lipinski definition) is 3. The number of carbonyl (C=O) groups is 1. The van der Waals surface area contributed by atoms with E-state index in [9.17, 15) is 4.79 Å². The molecule has 0 aromatic heterocycles. The van der Waals surface area contributed by atoms with Gasteiger partial charge in [-0.2, -0.15) is 0 Å². The molecular weight excluding hydrogens is 196 g/mol. The molecule has 0 aliphatic carbocycles. The van der Waals surface area contributed by atoms with Crippen molar-refractivity contribution < 1.29 is 9.53 Å². The predicted octanol–water partition coefficient (Wildman–Crippen LogP) is 3.11. The van der Waals surface area contributed by atoms with Crippen LogP contribution in [0.5, 0.6) is 0 Å². The summed E-state index contributed by atoms with van der Waals surface area (Å²) in [7, 11) is 0. The second kappa shape index (κ2) is 7.30. The van der Waals surface area contributed by atoms with Gasteiger partial charge in [-0.05, 0) is 12.2 Å². The first-order valence-corrected chi connectivity index (χ1v) is 6.38. The fourth-order valence-electron chi connectivity index (χ4n) is 0.902. The van der Waals surface area contributed by atoms with Crippen LogP contribution in [0, 0.1) is 5.41 Å². The molecule has 0 aliphatic rings.